The lowest BCUT2D eigenvalue weighted by Gasteiger charge is -2.58. The van der Waals surface area contributed by atoms with Gasteiger partial charge in [0.15, 0.2) is 0 Å². The Morgan fingerprint density at radius 1 is 1.11 bits per heavy atom. The van der Waals surface area contributed by atoms with E-state index in [1.807, 2.05) is 0 Å². The topological polar surface area (TPSA) is 73.6 Å². The average Bonchev–Trinajstić information content (AvgIpc) is 3.18. The molecule has 200 valence electrons. The summed E-state index contributed by atoms with van der Waals surface area (Å²) in [6.07, 6.45) is 16.3. The molecule has 5 nitrogen and oxygen atoms in total. The van der Waals surface area contributed by atoms with Crippen LogP contribution in [0, 0.1) is 46.3 Å². The van der Waals surface area contributed by atoms with E-state index in [0.29, 0.717) is 17.4 Å². The molecule has 0 aromatic rings. The fourth-order valence-electron chi connectivity index (χ4n) is 9.07. The Kier molecular flexibility index (Phi) is 8.58. The van der Waals surface area contributed by atoms with E-state index < -0.39 is 6.09 Å². The molecule has 0 bridgehead atoms. The highest BCUT2D eigenvalue weighted by Crippen LogP contribution is 2.67. The summed E-state index contributed by atoms with van der Waals surface area (Å²) in [4.78, 5) is 17.5. The quantitative estimate of drug-likeness (QED) is 0.270. The summed E-state index contributed by atoms with van der Waals surface area (Å²) >= 11 is 0. The lowest BCUT2D eigenvalue weighted by atomic mass is 9.47. The average molecular weight is 489 g/mol. The van der Waals surface area contributed by atoms with Crippen LogP contribution >= 0.6 is 0 Å². The van der Waals surface area contributed by atoms with Crippen LogP contribution in [-0.2, 0) is 9.57 Å². The van der Waals surface area contributed by atoms with Gasteiger partial charge in [0, 0.05) is 6.54 Å². The van der Waals surface area contributed by atoms with Crippen LogP contribution in [0.3, 0.4) is 0 Å². The van der Waals surface area contributed by atoms with Gasteiger partial charge < -0.3 is 10.5 Å². The van der Waals surface area contributed by atoms with Crippen molar-refractivity contribution in [3.05, 3.63) is 11.6 Å². The maximum absolute atomic E-state index is 11.7. The number of hydrogen-bond acceptors (Lipinski definition) is 4. The molecule has 8 atom stereocenters. The van der Waals surface area contributed by atoms with Crippen LogP contribution < -0.4 is 11.2 Å². The third-order valence-corrected chi connectivity index (χ3v) is 10.9. The Balaban J connectivity index is 1.38. The van der Waals surface area contributed by atoms with Gasteiger partial charge in [-0.15, -0.1) is 0 Å². The predicted octanol–water partition coefficient (Wildman–Crippen LogP) is 7.01. The molecule has 0 aliphatic heterocycles. The second-order valence-electron chi connectivity index (χ2n) is 13.3. The van der Waals surface area contributed by atoms with Crippen molar-refractivity contribution in [3.8, 4) is 0 Å². The maximum Gasteiger partial charge on any atom is 0.431 e. The first-order valence-electron chi connectivity index (χ1n) is 14.7. The highest BCUT2D eigenvalue weighted by molar-refractivity contribution is 5.65. The van der Waals surface area contributed by atoms with E-state index in [-0.39, 0.29) is 12.7 Å². The van der Waals surface area contributed by atoms with Crippen molar-refractivity contribution in [2.24, 2.45) is 52.1 Å². The van der Waals surface area contributed by atoms with Crippen molar-refractivity contribution in [1.82, 2.24) is 5.48 Å². The molecule has 0 unspecified atom stereocenters. The molecule has 3 saturated carbocycles. The Bertz CT molecular complexity index is 767. The Morgan fingerprint density at radius 2 is 1.91 bits per heavy atom. The number of nitrogens with two attached hydrogens (primary N) is 1. The SMILES string of the molecule is CC(C)CCC[C@@H](C)[C@H]1CC[C@H]2[C@@H]3CC=C4C[C@@H](ONC(=O)OCCN)CC[C@]4(C)[C@H]3CC[C@]12C. The molecule has 0 aromatic heterocycles. The van der Waals surface area contributed by atoms with E-state index in [0.717, 1.165) is 54.8 Å². The zero-order chi connectivity index (χ0) is 25.2. The van der Waals surface area contributed by atoms with Crippen molar-refractivity contribution >= 4 is 6.09 Å². The Hall–Kier alpha value is -1.07. The van der Waals surface area contributed by atoms with E-state index in [1.165, 1.54) is 51.4 Å². The molecule has 0 heterocycles. The van der Waals surface area contributed by atoms with Gasteiger partial charge in [-0.2, -0.15) is 5.48 Å². The number of nitrogens with one attached hydrogen (secondary N) is 1. The van der Waals surface area contributed by atoms with Crippen LogP contribution in [0.1, 0.15) is 105 Å². The smallest absolute Gasteiger partial charge is 0.431 e. The van der Waals surface area contributed by atoms with Gasteiger partial charge in [0.1, 0.15) is 6.61 Å². The van der Waals surface area contributed by atoms with Crippen LogP contribution in [0.4, 0.5) is 4.79 Å². The molecule has 4 aliphatic rings. The molecule has 5 heteroatoms. The Labute approximate surface area is 214 Å². The van der Waals surface area contributed by atoms with E-state index in [1.54, 1.807) is 5.57 Å². The van der Waals surface area contributed by atoms with Crippen molar-refractivity contribution in [3.63, 3.8) is 0 Å². The number of hydroxylamine groups is 1. The van der Waals surface area contributed by atoms with Crippen LogP contribution in [0.2, 0.25) is 0 Å². The first-order valence-corrected chi connectivity index (χ1v) is 14.7. The fraction of sp³-hybridized carbons (Fsp3) is 0.900. The number of rotatable bonds is 9. The Morgan fingerprint density at radius 3 is 2.66 bits per heavy atom. The molecule has 3 N–H and O–H groups in total. The molecule has 0 radical (unpaired) electrons. The zero-order valence-corrected chi connectivity index (χ0v) is 23.1. The first kappa shape index (κ1) is 27.0. The standard InChI is InChI=1S/C30H52N2O3/c1-20(2)7-6-8-21(3)25-11-12-26-24-10-9-22-19-23(35-32-28(33)34-18-17-31)13-15-29(22,4)27(24)14-16-30(25,26)5/h9,20-21,23-27H,6-8,10-19,31H2,1-5H3,(H,32,33)/t21-,23+,24+,25-,26+,27+,29+,30-/m1/s1. The molecule has 1 amide bonds. The first-order chi connectivity index (χ1) is 16.7. The fourth-order valence-corrected chi connectivity index (χ4v) is 9.07. The monoisotopic (exact) mass is 488 g/mol. The summed E-state index contributed by atoms with van der Waals surface area (Å²) in [7, 11) is 0. The van der Waals surface area contributed by atoms with Crippen molar-refractivity contribution in [2.45, 2.75) is 111 Å². The number of hydrogen-bond donors (Lipinski definition) is 2. The second-order valence-corrected chi connectivity index (χ2v) is 13.3. The van der Waals surface area contributed by atoms with E-state index in [9.17, 15) is 4.79 Å². The minimum Gasteiger partial charge on any atom is -0.447 e. The van der Waals surface area contributed by atoms with E-state index >= 15 is 0 Å². The molecule has 0 spiro atoms. The van der Waals surface area contributed by atoms with Gasteiger partial charge in [0.2, 0.25) is 0 Å². The number of fused-ring (bicyclic) bond motifs is 5. The lowest BCUT2D eigenvalue weighted by Crippen LogP contribution is -2.51. The summed E-state index contributed by atoms with van der Waals surface area (Å²) in [5, 5.41) is 0. The minimum atomic E-state index is -0.540. The summed E-state index contributed by atoms with van der Waals surface area (Å²) in [5.41, 5.74) is 10.3. The second kappa shape index (κ2) is 11.1. The molecule has 35 heavy (non-hydrogen) atoms. The highest BCUT2D eigenvalue weighted by atomic mass is 16.7. The van der Waals surface area contributed by atoms with Gasteiger partial charge in [-0.1, -0.05) is 65.5 Å². The predicted molar refractivity (Wildman–Crippen MR) is 141 cm³/mol. The van der Waals surface area contributed by atoms with E-state index in [4.69, 9.17) is 15.3 Å². The normalized spacial score (nSPS) is 39.3. The third-order valence-electron chi connectivity index (χ3n) is 10.9. The molecular formula is C30H52N2O3. The molecular weight excluding hydrogens is 436 g/mol. The molecule has 4 rings (SSSR count). The number of carbonyl (C=O) groups is 1. The third kappa shape index (κ3) is 5.46. The van der Waals surface area contributed by atoms with Crippen molar-refractivity contribution < 1.29 is 14.4 Å². The minimum absolute atomic E-state index is 0.0349. The summed E-state index contributed by atoms with van der Waals surface area (Å²) in [5.74, 6) is 5.14. The summed E-state index contributed by atoms with van der Waals surface area (Å²) in [6.45, 7) is 13.0. The van der Waals surface area contributed by atoms with Gasteiger partial charge in [-0.05, 0) is 97.7 Å². The summed E-state index contributed by atoms with van der Waals surface area (Å²) < 4.78 is 4.97. The van der Waals surface area contributed by atoms with Gasteiger partial charge in [-0.3, -0.25) is 4.84 Å². The van der Waals surface area contributed by atoms with Gasteiger partial charge in [0.25, 0.3) is 0 Å². The highest BCUT2D eigenvalue weighted by Gasteiger charge is 2.59. The van der Waals surface area contributed by atoms with Crippen molar-refractivity contribution in [1.29, 1.82) is 0 Å². The van der Waals surface area contributed by atoms with Crippen LogP contribution in [0.25, 0.3) is 0 Å². The number of amides is 1. The number of allylic oxidation sites excluding steroid dienone is 1. The van der Waals surface area contributed by atoms with Crippen LogP contribution in [-0.4, -0.2) is 25.3 Å². The number of ether oxygens (including phenoxy) is 1. The van der Waals surface area contributed by atoms with Crippen molar-refractivity contribution in [2.75, 3.05) is 13.2 Å². The molecule has 0 saturated heterocycles. The van der Waals surface area contributed by atoms with Gasteiger partial charge >= 0.3 is 6.09 Å². The lowest BCUT2D eigenvalue weighted by molar-refractivity contribution is -0.0773. The largest absolute Gasteiger partial charge is 0.447 e. The van der Waals surface area contributed by atoms with Crippen LogP contribution in [0.5, 0.6) is 0 Å². The van der Waals surface area contributed by atoms with Gasteiger partial charge in [-0.25, -0.2) is 4.79 Å². The zero-order valence-electron chi connectivity index (χ0n) is 23.1. The molecule has 4 aliphatic carbocycles. The van der Waals surface area contributed by atoms with E-state index in [2.05, 4.69) is 46.2 Å². The number of carbonyl (C=O) groups excluding carboxylic acids is 1. The molecule has 3 fully saturated rings. The molecule has 0 aromatic carbocycles. The van der Waals surface area contributed by atoms with Crippen LogP contribution in [0.15, 0.2) is 11.6 Å². The maximum atomic E-state index is 11.7. The van der Waals surface area contributed by atoms with Gasteiger partial charge in [0.05, 0.1) is 6.10 Å². The summed E-state index contributed by atoms with van der Waals surface area (Å²) in [6, 6.07) is 0.